The van der Waals surface area contributed by atoms with Crippen molar-refractivity contribution in [2.24, 2.45) is 0 Å². The fourth-order valence-corrected chi connectivity index (χ4v) is 0. The van der Waals surface area contributed by atoms with Crippen molar-refractivity contribution >= 4 is 48.5 Å². The van der Waals surface area contributed by atoms with Crippen LogP contribution in [0.25, 0.3) is 0 Å². The maximum absolute atomic E-state index is 10.2. The van der Waals surface area contributed by atoms with E-state index in [-0.39, 0.29) is 17.0 Å². The fourth-order valence-electron chi connectivity index (χ4n) is 0. The van der Waals surface area contributed by atoms with Gasteiger partial charge in [0.15, 0.2) is 0 Å². The van der Waals surface area contributed by atoms with Gasteiger partial charge in [0.1, 0.15) is 0 Å². The van der Waals surface area contributed by atoms with Crippen LogP contribution >= 0.6 is 17.0 Å². The first-order chi connectivity index (χ1) is 6.00. The second-order valence-corrected chi connectivity index (χ2v) is 3.71. The van der Waals surface area contributed by atoms with Gasteiger partial charge in [-0.05, 0) is 0 Å². The van der Waals surface area contributed by atoms with E-state index in [4.69, 9.17) is 38.9 Å². The van der Waals surface area contributed by atoms with Gasteiger partial charge in [-0.1, -0.05) is 11.7 Å². The van der Waals surface area contributed by atoms with Gasteiger partial charge < -0.3 is 0 Å². The second-order valence-electron chi connectivity index (χ2n) is 1.24. The van der Waals surface area contributed by atoms with E-state index < -0.39 is 31.5 Å². The molecule has 9 nitrogen and oxygen atoms in total. The Kier molecular flexibility index (Phi) is 14.2. The summed E-state index contributed by atoms with van der Waals surface area (Å²) in [6, 6.07) is 0. The lowest BCUT2D eigenvalue weighted by Crippen LogP contribution is -1.80. The quantitative estimate of drug-likeness (QED) is 0.382. The molecular formula is H4BrF3O9S3. The van der Waals surface area contributed by atoms with Crippen molar-refractivity contribution in [3.63, 3.8) is 0 Å². The van der Waals surface area contributed by atoms with Crippen molar-refractivity contribution in [1.29, 1.82) is 0 Å². The summed E-state index contributed by atoms with van der Waals surface area (Å²) in [7, 11) is -15.5. The lowest BCUT2D eigenvalue weighted by Gasteiger charge is -1.63. The third-order valence-electron chi connectivity index (χ3n) is 0. The number of hydrogen-bond donors (Lipinski definition) is 3. The van der Waals surface area contributed by atoms with Crippen molar-refractivity contribution in [3.05, 3.63) is 0 Å². The molecule has 0 unspecified atom stereocenters. The Morgan fingerprint density at radius 2 is 0.562 bits per heavy atom. The first-order valence-electron chi connectivity index (χ1n) is 2.01. The molecule has 0 heterocycles. The van der Waals surface area contributed by atoms with Gasteiger partial charge in [0.2, 0.25) is 0 Å². The summed E-state index contributed by atoms with van der Waals surface area (Å²) in [6.45, 7) is 0. The molecule has 0 rings (SSSR count). The predicted octanol–water partition coefficient (Wildman–Crippen LogP) is -0.146. The average molecular weight is 381 g/mol. The number of halogens is 4. The van der Waals surface area contributed by atoms with E-state index in [0.29, 0.717) is 0 Å². The first kappa shape index (κ1) is 25.0. The summed E-state index contributed by atoms with van der Waals surface area (Å²) in [5.74, 6) is 0. The summed E-state index contributed by atoms with van der Waals surface area (Å²) in [5.41, 5.74) is 0. The molecule has 0 radical (unpaired) electrons. The van der Waals surface area contributed by atoms with Gasteiger partial charge in [-0.25, -0.2) is 0 Å². The van der Waals surface area contributed by atoms with E-state index >= 15 is 0 Å². The van der Waals surface area contributed by atoms with E-state index in [0.717, 1.165) is 0 Å². The van der Waals surface area contributed by atoms with Gasteiger partial charge in [0.05, 0.1) is 0 Å². The standard InChI is InChI=1S/BrH.3FHO3S/c;3*1-5(2,3)4/h1H;3*(H,2,3,4). The van der Waals surface area contributed by atoms with E-state index in [1.165, 1.54) is 0 Å². The van der Waals surface area contributed by atoms with Crippen molar-refractivity contribution < 1.29 is 50.6 Å². The smallest absolute Gasteiger partial charge is 0.260 e. The van der Waals surface area contributed by atoms with Crippen molar-refractivity contribution in [2.45, 2.75) is 0 Å². The van der Waals surface area contributed by atoms with Crippen LogP contribution in [0.3, 0.4) is 0 Å². The molecule has 0 saturated carbocycles. The Labute approximate surface area is 99.2 Å². The van der Waals surface area contributed by atoms with Crippen molar-refractivity contribution in [1.82, 2.24) is 0 Å². The average Bonchev–Trinajstić information content (AvgIpc) is 1.41. The molecule has 104 valence electrons. The minimum Gasteiger partial charge on any atom is -0.260 e. The fraction of sp³-hybridized carbons (Fsp3) is 0. The Morgan fingerprint density at radius 3 is 0.562 bits per heavy atom. The van der Waals surface area contributed by atoms with Crippen molar-refractivity contribution in [2.75, 3.05) is 0 Å². The van der Waals surface area contributed by atoms with Crippen LogP contribution in [0.2, 0.25) is 0 Å². The maximum Gasteiger partial charge on any atom is 0.435 e. The molecule has 0 fully saturated rings. The minimum absolute atomic E-state index is 0. The van der Waals surface area contributed by atoms with E-state index in [1.54, 1.807) is 0 Å². The van der Waals surface area contributed by atoms with E-state index in [2.05, 4.69) is 0 Å². The molecule has 0 atom stereocenters. The van der Waals surface area contributed by atoms with Crippen LogP contribution in [0.4, 0.5) is 11.7 Å². The molecule has 0 aromatic heterocycles. The lowest BCUT2D eigenvalue weighted by molar-refractivity contribution is 0.432. The molecule has 3 N–H and O–H groups in total. The lowest BCUT2D eigenvalue weighted by atomic mass is 15.9. The van der Waals surface area contributed by atoms with Crippen LogP contribution in [-0.2, 0) is 31.5 Å². The molecule has 0 aliphatic carbocycles. The van der Waals surface area contributed by atoms with Gasteiger partial charge >= 0.3 is 31.5 Å². The summed E-state index contributed by atoms with van der Waals surface area (Å²) < 4.78 is 102. The van der Waals surface area contributed by atoms with Crippen LogP contribution in [0.5, 0.6) is 0 Å². The molecule has 16 heteroatoms. The third kappa shape index (κ3) is 62700000000000001833359828848738304. The second kappa shape index (κ2) is 9.07. The highest BCUT2D eigenvalue weighted by Crippen LogP contribution is 1.74. The molecule has 0 amide bonds. The largest absolute Gasteiger partial charge is 0.435 e. The molecule has 0 aromatic rings. The minimum atomic E-state index is -5.17. The third-order valence-corrected chi connectivity index (χ3v) is 0. The molecule has 16 heavy (non-hydrogen) atoms. The van der Waals surface area contributed by atoms with Gasteiger partial charge in [-0.3, -0.25) is 13.7 Å². The summed E-state index contributed by atoms with van der Waals surface area (Å²) >= 11 is 0. The Bertz CT molecular complexity index is 347. The Balaban J connectivity index is -0.0000000655. The SMILES string of the molecule is Br.O=S(=O)(O)F.O=S(=O)(O)F.O=S(=O)(O)F. The van der Waals surface area contributed by atoms with Gasteiger partial charge in [-0.15, -0.1) is 17.0 Å². The summed E-state index contributed by atoms with van der Waals surface area (Å²) in [4.78, 5) is 0. The van der Waals surface area contributed by atoms with Gasteiger partial charge in [0, 0.05) is 0 Å². The van der Waals surface area contributed by atoms with Gasteiger partial charge in [-0.2, -0.15) is 25.3 Å². The summed E-state index contributed by atoms with van der Waals surface area (Å²) in [6.07, 6.45) is 0. The summed E-state index contributed by atoms with van der Waals surface area (Å²) in [5, 5.41) is 0. The molecule has 0 spiro atoms. The highest BCUT2D eigenvalue weighted by atomic mass is 79.9. The normalized spacial score (nSPS) is 10.9. The zero-order valence-corrected chi connectivity index (χ0v) is 10.7. The predicted molar refractivity (Wildman–Crippen MR) is 48.3 cm³/mol. The zero-order chi connectivity index (χ0) is 13.5. The first-order valence-corrected chi connectivity index (χ1v) is 6.03. The molecule has 0 aliphatic rings. The van der Waals surface area contributed by atoms with Crippen LogP contribution in [0.1, 0.15) is 0 Å². The van der Waals surface area contributed by atoms with Crippen LogP contribution in [-0.4, -0.2) is 38.9 Å². The molecule has 0 saturated heterocycles. The highest BCUT2D eigenvalue weighted by molar-refractivity contribution is 8.93. The number of hydrogen-bond acceptors (Lipinski definition) is 6. The van der Waals surface area contributed by atoms with E-state index in [9.17, 15) is 11.7 Å². The maximum atomic E-state index is 10.2. The molecule has 0 aliphatic heterocycles. The van der Waals surface area contributed by atoms with Crippen molar-refractivity contribution in [3.8, 4) is 0 Å². The van der Waals surface area contributed by atoms with Crippen LogP contribution in [0, 0.1) is 0 Å². The molecule has 0 bridgehead atoms. The highest BCUT2D eigenvalue weighted by Gasteiger charge is 1.90. The Hall–Kier alpha value is -0.000000000000000194. The molecular weight excluding hydrogens is 377 g/mol. The van der Waals surface area contributed by atoms with Crippen LogP contribution in [0.15, 0.2) is 0 Å². The topological polar surface area (TPSA) is 163 Å². The zero-order valence-electron chi connectivity index (χ0n) is 6.56. The monoisotopic (exact) mass is 380 g/mol. The molecule has 0 aromatic carbocycles. The number of rotatable bonds is 0. The Morgan fingerprint density at radius 1 is 0.562 bits per heavy atom. The van der Waals surface area contributed by atoms with E-state index in [1.807, 2.05) is 0 Å². The van der Waals surface area contributed by atoms with Gasteiger partial charge in [0.25, 0.3) is 0 Å². The van der Waals surface area contributed by atoms with Crippen LogP contribution < -0.4 is 0 Å².